The van der Waals surface area contributed by atoms with Gasteiger partial charge in [0.05, 0.1) is 0 Å². The molecule has 1 atom stereocenters. The zero-order valence-corrected chi connectivity index (χ0v) is 16.1. The summed E-state index contributed by atoms with van der Waals surface area (Å²) in [5, 5.41) is 3.52. The van der Waals surface area contributed by atoms with E-state index in [9.17, 15) is 9.59 Å². The van der Waals surface area contributed by atoms with Crippen molar-refractivity contribution in [1.29, 1.82) is 0 Å². The second-order valence-electron chi connectivity index (χ2n) is 6.96. The molecule has 2 aromatic rings. The van der Waals surface area contributed by atoms with E-state index >= 15 is 0 Å². The highest BCUT2D eigenvalue weighted by molar-refractivity contribution is 6.30. The van der Waals surface area contributed by atoms with Gasteiger partial charge in [-0.15, -0.1) is 0 Å². The van der Waals surface area contributed by atoms with Crippen LogP contribution in [-0.4, -0.2) is 35.8 Å². The van der Waals surface area contributed by atoms with Crippen molar-refractivity contribution < 1.29 is 9.59 Å². The van der Waals surface area contributed by atoms with E-state index in [1.165, 1.54) is 0 Å². The Morgan fingerprint density at radius 3 is 2.19 bits per heavy atom. The van der Waals surface area contributed by atoms with Crippen LogP contribution in [0.3, 0.4) is 0 Å². The molecule has 0 aliphatic carbocycles. The third-order valence-corrected chi connectivity index (χ3v) is 5.16. The molecule has 2 aromatic carbocycles. The highest BCUT2D eigenvalue weighted by atomic mass is 35.5. The van der Waals surface area contributed by atoms with Crippen LogP contribution in [0.1, 0.15) is 41.6 Å². The van der Waals surface area contributed by atoms with Gasteiger partial charge in [0, 0.05) is 30.1 Å². The zero-order chi connectivity index (χ0) is 19.1. The Kier molecular flexibility index (Phi) is 6.88. The fraction of sp³-hybridized carbons (Fsp3) is 0.364. The fourth-order valence-corrected chi connectivity index (χ4v) is 3.53. The van der Waals surface area contributed by atoms with Gasteiger partial charge in [-0.1, -0.05) is 54.8 Å². The number of hydrogen-bond donors (Lipinski definition) is 1. The minimum absolute atomic E-state index is 0.00284. The number of hydrogen-bond acceptors (Lipinski definition) is 2. The molecule has 1 heterocycles. The molecule has 0 bridgehead atoms. The lowest BCUT2D eigenvalue weighted by Crippen LogP contribution is -2.50. The maximum absolute atomic E-state index is 13.2. The lowest BCUT2D eigenvalue weighted by molar-refractivity contribution is -0.133. The number of amides is 2. The maximum atomic E-state index is 13.2. The SMILES string of the molecule is O=C(NC(Cc1ccccc1)C(=O)N1CCCCCC1)c1ccc(Cl)cc1. The Morgan fingerprint density at radius 1 is 0.926 bits per heavy atom. The molecule has 0 saturated carbocycles. The van der Waals surface area contributed by atoms with Gasteiger partial charge in [-0.3, -0.25) is 9.59 Å². The molecule has 1 N–H and O–H groups in total. The summed E-state index contributed by atoms with van der Waals surface area (Å²) in [4.78, 5) is 27.8. The number of likely N-dealkylation sites (tertiary alicyclic amines) is 1. The molecule has 1 fully saturated rings. The first kappa shape index (κ1) is 19.4. The summed E-state index contributed by atoms with van der Waals surface area (Å²) < 4.78 is 0. The number of rotatable bonds is 5. The number of halogens is 1. The van der Waals surface area contributed by atoms with E-state index < -0.39 is 6.04 Å². The second kappa shape index (κ2) is 9.56. The van der Waals surface area contributed by atoms with Crippen LogP contribution in [0.15, 0.2) is 54.6 Å². The van der Waals surface area contributed by atoms with Crippen molar-refractivity contribution in [2.75, 3.05) is 13.1 Å². The molecule has 1 unspecified atom stereocenters. The highest BCUT2D eigenvalue weighted by Gasteiger charge is 2.27. The normalized spacial score (nSPS) is 15.7. The summed E-state index contributed by atoms with van der Waals surface area (Å²) in [6.07, 6.45) is 4.84. The molecule has 3 rings (SSSR count). The minimum Gasteiger partial charge on any atom is -0.341 e. The van der Waals surface area contributed by atoms with Gasteiger partial charge in [0.2, 0.25) is 5.91 Å². The number of benzene rings is 2. The monoisotopic (exact) mass is 384 g/mol. The molecule has 0 radical (unpaired) electrons. The fourth-order valence-electron chi connectivity index (χ4n) is 3.40. The van der Waals surface area contributed by atoms with Crippen LogP contribution in [0.25, 0.3) is 0 Å². The van der Waals surface area contributed by atoms with E-state index in [2.05, 4.69) is 5.32 Å². The molecular formula is C22H25ClN2O2. The van der Waals surface area contributed by atoms with E-state index in [1.54, 1.807) is 24.3 Å². The third kappa shape index (κ3) is 5.57. The van der Waals surface area contributed by atoms with Crippen LogP contribution in [-0.2, 0) is 11.2 Å². The van der Waals surface area contributed by atoms with Crippen LogP contribution < -0.4 is 5.32 Å². The standard InChI is InChI=1S/C22H25ClN2O2/c23-19-12-10-18(11-13-19)21(26)24-20(16-17-8-4-3-5-9-17)22(27)25-14-6-1-2-7-15-25/h3-5,8-13,20H,1-2,6-7,14-16H2,(H,24,26). The van der Waals surface area contributed by atoms with Gasteiger partial charge in [0.15, 0.2) is 0 Å². The van der Waals surface area contributed by atoms with Gasteiger partial charge >= 0.3 is 0 Å². The second-order valence-corrected chi connectivity index (χ2v) is 7.40. The topological polar surface area (TPSA) is 49.4 Å². The Labute approximate surface area is 165 Å². The predicted molar refractivity (Wildman–Crippen MR) is 108 cm³/mol. The number of carbonyl (C=O) groups excluding carboxylic acids is 2. The van der Waals surface area contributed by atoms with Crippen LogP contribution in [0.2, 0.25) is 5.02 Å². The Balaban J connectivity index is 1.76. The first-order valence-corrected chi connectivity index (χ1v) is 9.90. The van der Waals surface area contributed by atoms with Crippen LogP contribution in [0, 0.1) is 0 Å². The van der Waals surface area contributed by atoms with Gasteiger partial charge in [-0.25, -0.2) is 0 Å². The van der Waals surface area contributed by atoms with Gasteiger partial charge in [-0.05, 0) is 42.7 Å². The first-order valence-electron chi connectivity index (χ1n) is 9.52. The molecule has 5 heteroatoms. The van der Waals surface area contributed by atoms with Crippen molar-refractivity contribution in [3.05, 3.63) is 70.7 Å². The van der Waals surface area contributed by atoms with Gasteiger partial charge < -0.3 is 10.2 Å². The Morgan fingerprint density at radius 2 is 1.56 bits per heavy atom. The van der Waals surface area contributed by atoms with Gasteiger partial charge in [-0.2, -0.15) is 0 Å². The first-order chi connectivity index (χ1) is 13.1. The molecule has 27 heavy (non-hydrogen) atoms. The van der Waals surface area contributed by atoms with E-state index in [1.807, 2.05) is 35.2 Å². The molecule has 1 aliphatic rings. The summed E-state index contributed by atoms with van der Waals surface area (Å²) in [6.45, 7) is 1.53. The smallest absolute Gasteiger partial charge is 0.251 e. The molecule has 0 aromatic heterocycles. The van der Waals surface area contributed by atoms with Crippen molar-refractivity contribution in [3.8, 4) is 0 Å². The Hall–Kier alpha value is -2.33. The van der Waals surface area contributed by atoms with E-state index in [0.29, 0.717) is 17.0 Å². The van der Waals surface area contributed by atoms with Gasteiger partial charge in [0.25, 0.3) is 5.91 Å². The molecule has 142 valence electrons. The third-order valence-electron chi connectivity index (χ3n) is 4.91. The summed E-state index contributed by atoms with van der Waals surface area (Å²) in [5.74, 6) is -0.251. The number of nitrogens with zero attached hydrogens (tertiary/aromatic N) is 1. The van der Waals surface area contributed by atoms with E-state index in [4.69, 9.17) is 11.6 Å². The van der Waals surface area contributed by atoms with Crippen molar-refractivity contribution in [2.45, 2.75) is 38.1 Å². The summed E-state index contributed by atoms with van der Waals surface area (Å²) in [6, 6.07) is 15.9. The lowest BCUT2D eigenvalue weighted by Gasteiger charge is -2.27. The van der Waals surface area contributed by atoms with Crippen molar-refractivity contribution in [1.82, 2.24) is 10.2 Å². The minimum atomic E-state index is -0.575. The van der Waals surface area contributed by atoms with Crippen molar-refractivity contribution >= 4 is 23.4 Å². The zero-order valence-electron chi connectivity index (χ0n) is 15.4. The predicted octanol–water partition coefficient (Wildman–Crippen LogP) is 4.08. The molecule has 2 amide bonds. The average molecular weight is 385 g/mol. The van der Waals surface area contributed by atoms with Crippen molar-refractivity contribution in [3.63, 3.8) is 0 Å². The summed E-state index contributed by atoms with van der Waals surface area (Å²) in [5.41, 5.74) is 1.53. The Bertz CT molecular complexity index is 754. The van der Waals surface area contributed by atoms with Gasteiger partial charge in [0.1, 0.15) is 6.04 Å². The quantitative estimate of drug-likeness (QED) is 0.844. The van der Waals surface area contributed by atoms with Crippen LogP contribution in [0.5, 0.6) is 0 Å². The molecule has 0 spiro atoms. The number of carbonyl (C=O) groups is 2. The van der Waals surface area contributed by atoms with E-state index in [-0.39, 0.29) is 11.8 Å². The number of nitrogens with one attached hydrogen (secondary N) is 1. The molecule has 1 aliphatic heterocycles. The average Bonchev–Trinajstić information content (AvgIpc) is 2.97. The summed E-state index contributed by atoms with van der Waals surface area (Å²) in [7, 11) is 0. The maximum Gasteiger partial charge on any atom is 0.251 e. The van der Waals surface area contributed by atoms with Crippen LogP contribution >= 0.6 is 11.6 Å². The largest absolute Gasteiger partial charge is 0.341 e. The lowest BCUT2D eigenvalue weighted by atomic mass is 10.0. The van der Waals surface area contributed by atoms with E-state index in [0.717, 1.165) is 44.3 Å². The summed E-state index contributed by atoms with van der Waals surface area (Å²) >= 11 is 5.90. The molecule has 1 saturated heterocycles. The molecular weight excluding hydrogens is 360 g/mol. The highest BCUT2D eigenvalue weighted by Crippen LogP contribution is 2.14. The van der Waals surface area contributed by atoms with Crippen LogP contribution in [0.4, 0.5) is 0 Å². The van der Waals surface area contributed by atoms with Crippen molar-refractivity contribution in [2.24, 2.45) is 0 Å². The molecule has 4 nitrogen and oxygen atoms in total.